The van der Waals surface area contributed by atoms with Gasteiger partial charge in [0, 0.05) is 47.5 Å². The van der Waals surface area contributed by atoms with E-state index in [1.807, 2.05) is 38.0 Å². The van der Waals surface area contributed by atoms with Crippen LogP contribution in [0.2, 0.25) is 0 Å². The molecule has 5 nitrogen and oxygen atoms in total. The van der Waals surface area contributed by atoms with E-state index in [4.69, 9.17) is 4.74 Å². The van der Waals surface area contributed by atoms with Gasteiger partial charge in [-0.1, -0.05) is 12.1 Å². The predicted molar refractivity (Wildman–Crippen MR) is 85.3 cm³/mol. The van der Waals surface area contributed by atoms with Crippen molar-refractivity contribution in [2.75, 3.05) is 53.8 Å². The number of methoxy groups -OCH3 is 1. The number of ether oxygens (including phenoxy) is 1. The fourth-order valence-electron chi connectivity index (χ4n) is 1.87. The van der Waals surface area contributed by atoms with Crippen LogP contribution >= 0.6 is 0 Å². The first-order valence-electron chi connectivity index (χ1n) is 6.75. The number of hydrogen-bond acceptors (Lipinski definition) is 3. The summed E-state index contributed by atoms with van der Waals surface area (Å²) in [6, 6.07) is 8.35. The Labute approximate surface area is 122 Å². The van der Waals surface area contributed by atoms with Gasteiger partial charge >= 0.3 is 0 Å². The number of aliphatic imine (C=N–C) groups is 1. The highest BCUT2D eigenvalue weighted by atomic mass is 16.5. The molecule has 1 aromatic rings. The van der Waals surface area contributed by atoms with E-state index in [9.17, 15) is 0 Å². The molecule has 0 aliphatic carbocycles. The molecule has 112 valence electrons. The monoisotopic (exact) mass is 278 g/mol. The highest BCUT2D eigenvalue weighted by Crippen LogP contribution is 2.10. The van der Waals surface area contributed by atoms with Gasteiger partial charge in [-0.15, -0.1) is 0 Å². The molecular weight excluding hydrogens is 252 g/mol. The third-order valence-electron chi connectivity index (χ3n) is 2.79. The predicted octanol–water partition coefficient (Wildman–Crippen LogP) is 1.72. The number of nitrogens with zero attached hydrogens (tertiary/aromatic N) is 3. The van der Waals surface area contributed by atoms with E-state index in [0.717, 1.165) is 18.2 Å². The molecule has 0 unspecified atom stereocenters. The van der Waals surface area contributed by atoms with E-state index in [0.29, 0.717) is 13.2 Å². The molecule has 1 aromatic carbocycles. The number of guanidine groups is 1. The molecule has 0 spiro atoms. The van der Waals surface area contributed by atoms with E-state index in [2.05, 4.69) is 34.6 Å². The Bertz CT molecular complexity index is 402. The van der Waals surface area contributed by atoms with E-state index in [-0.39, 0.29) is 0 Å². The second-order valence-electron chi connectivity index (χ2n) is 5.02. The summed E-state index contributed by atoms with van der Waals surface area (Å²) in [5, 5.41) is 3.30. The van der Waals surface area contributed by atoms with Crippen molar-refractivity contribution in [2.45, 2.75) is 6.54 Å². The van der Waals surface area contributed by atoms with Crippen molar-refractivity contribution in [1.29, 1.82) is 0 Å². The van der Waals surface area contributed by atoms with Crippen molar-refractivity contribution in [3.8, 4) is 0 Å². The molecule has 0 bridgehead atoms. The van der Waals surface area contributed by atoms with Crippen molar-refractivity contribution in [1.82, 2.24) is 9.80 Å². The highest BCUT2D eigenvalue weighted by molar-refractivity contribution is 5.79. The Balaban J connectivity index is 2.58. The molecule has 0 radical (unpaired) electrons. The summed E-state index contributed by atoms with van der Waals surface area (Å²) < 4.78 is 5.01. The van der Waals surface area contributed by atoms with Crippen LogP contribution in [0.1, 0.15) is 5.56 Å². The summed E-state index contributed by atoms with van der Waals surface area (Å²) in [5.74, 6) is 0.965. The summed E-state index contributed by atoms with van der Waals surface area (Å²) in [7, 11) is 9.71. The molecule has 0 aromatic heterocycles. The van der Waals surface area contributed by atoms with Gasteiger partial charge in [0.2, 0.25) is 0 Å². The first kappa shape index (κ1) is 16.3. The SMILES string of the molecule is COCCNc1ccc(CN=C(N(C)C)N(C)C)cc1. The second-order valence-corrected chi connectivity index (χ2v) is 5.02. The van der Waals surface area contributed by atoms with Gasteiger partial charge in [-0.05, 0) is 17.7 Å². The summed E-state index contributed by atoms with van der Waals surface area (Å²) in [5.41, 5.74) is 2.30. The maximum atomic E-state index is 5.01. The molecule has 0 aliphatic heterocycles. The standard InChI is InChI=1S/C15H26N4O/c1-18(2)15(19(3)4)17-12-13-6-8-14(9-7-13)16-10-11-20-5/h6-9,16H,10-12H2,1-5H3. The third-order valence-corrected chi connectivity index (χ3v) is 2.79. The minimum Gasteiger partial charge on any atom is -0.383 e. The molecule has 0 saturated carbocycles. The van der Waals surface area contributed by atoms with E-state index >= 15 is 0 Å². The quantitative estimate of drug-likeness (QED) is 0.489. The zero-order valence-corrected chi connectivity index (χ0v) is 13.2. The summed E-state index contributed by atoms with van der Waals surface area (Å²) in [6.07, 6.45) is 0. The molecule has 20 heavy (non-hydrogen) atoms. The maximum absolute atomic E-state index is 5.01. The van der Waals surface area contributed by atoms with Crippen LogP contribution in [0, 0.1) is 0 Å². The number of nitrogens with one attached hydrogen (secondary N) is 1. The van der Waals surface area contributed by atoms with Gasteiger partial charge in [0.05, 0.1) is 13.2 Å². The van der Waals surface area contributed by atoms with Crippen molar-refractivity contribution < 1.29 is 4.74 Å². The Hall–Kier alpha value is -1.75. The minimum atomic E-state index is 0.685. The Morgan fingerprint density at radius 1 is 1.10 bits per heavy atom. The van der Waals surface area contributed by atoms with Crippen molar-refractivity contribution >= 4 is 11.6 Å². The van der Waals surface area contributed by atoms with Crippen LogP contribution in [0.25, 0.3) is 0 Å². The van der Waals surface area contributed by atoms with Gasteiger partial charge in [-0.2, -0.15) is 0 Å². The fourth-order valence-corrected chi connectivity index (χ4v) is 1.87. The number of benzene rings is 1. The fraction of sp³-hybridized carbons (Fsp3) is 0.533. The molecule has 0 heterocycles. The van der Waals surface area contributed by atoms with Gasteiger partial charge in [-0.25, -0.2) is 4.99 Å². The average molecular weight is 278 g/mol. The largest absolute Gasteiger partial charge is 0.383 e. The first-order chi connectivity index (χ1) is 9.54. The molecule has 0 amide bonds. The van der Waals surface area contributed by atoms with Gasteiger partial charge in [0.25, 0.3) is 0 Å². The smallest absolute Gasteiger partial charge is 0.195 e. The third kappa shape index (κ3) is 5.48. The lowest BCUT2D eigenvalue weighted by Crippen LogP contribution is -2.35. The van der Waals surface area contributed by atoms with Gasteiger partial charge in [-0.3, -0.25) is 0 Å². The normalized spacial score (nSPS) is 10.1. The summed E-state index contributed by atoms with van der Waals surface area (Å²) in [4.78, 5) is 8.66. The second kappa shape index (κ2) is 8.43. The topological polar surface area (TPSA) is 40.1 Å². The van der Waals surface area contributed by atoms with Crippen molar-refractivity contribution in [2.24, 2.45) is 4.99 Å². The molecule has 0 atom stereocenters. The lowest BCUT2D eigenvalue weighted by molar-refractivity contribution is 0.211. The Kier molecular flexibility index (Phi) is 6.87. The van der Waals surface area contributed by atoms with Crippen LogP contribution in [0.15, 0.2) is 29.3 Å². The molecule has 1 rings (SSSR count). The number of rotatable bonds is 6. The molecular formula is C15H26N4O. The number of hydrogen-bond donors (Lipinski definition) is 1. The first-order valence-corrected chi connectivity index (χ1v) is 6.75. The average Bonchev–Trinajstić information content (AvgIpc) is 2.40. The van der Waals surface area contributed by atoms with Gasteiger partial charge in [0.15, 0.2) is 5.96 Å². The van der Waals surface area contributed by atoms with Crippen LogP contribution in [0.4, 0.5) is 5.69 Å². The Morgan fingerprint density at radius 3 is 2.20 bits per heavy atom. The molecule has 5 heteroatoms. The van der Waals surface area contributed by atoms with Crippen LogP contribution in [-0.2, 0) is 11.3 Å². The van der Waals surface area contributed by atoms with Crippen molar-refractivity contribution in [3.63, 3.8) is 0 Å². The van der Waals surface area contributed by atoms with Crippen LogP contribution < -0.4 is 5.32 Å². The highest BCUT2D eigenvalue weighted by Gasteiger charge is 2.03. The maximum Gasteiger partial charge on any atom is 0.195 e. The zero-order chi connectivity index (χ0) is 15.0. The van der Waals surface area contributed by atoms with Crippen LogP contribution in [-0.4, -0.2) is 64.2 Å². The van der Waals surface area contributed by atoms with E-state index in [1.54, 1.807) is 7.11 Å². The van der Waals surface area contributed by atoms with Gasteiger partial charge in [0.1, 0.15) is 0 Å². The summed E-state index contributed by atoms with van der Waals surface area (Å²) >= 11 is 0. The minimum absolute atomic E-state index is 0.685. The molecule has 0 aliphatic rings. The molecule has 1 N–H and O–H groups in total. The molecule has 0 saturated heterocycles. The lowest BCUT2D eigenvalue weighted by Gasteiger charge is -2.22. The van der Waals surface area contributed by atoms with Crippen LogP contribution in [0.5, 0.6) is 0 Å². The summed E-state index contributed by atoms with van der Waals surface area (Å²) in [6.45, 7) is 2.21. The zero-order valence-electron chi connectivity index (χ0n) is 13.2. The van der Waals surface area contributed by atoms with Gasteiger partial charge < -0.3 is 19.9 Å². The number of anilines is 1. The van der Waals surface area contributed by atoms with E-state index in [1.165, 1.54) is 5.56 Å². The molecule has 0 fully saturated rings. The Morgan fingerprint density at radius 2 is 1.70 bits per heavy atom. The van der Waals surface area contributed by atoms with E-state index < -0.39 is 0 Å². The van der Waals surface area contributed by atoms with Crippen molar-refractivity contribution in [3.05, 3.63) is 29.8 Å². The lowest BCUT2D eigenvalue weighted by atomic mass is 10.2. The van der Waals surface area contributed by atoms with Crippen LogP contribution in [0.3, 0.4) is 0 Å².